The van der Waals surface area contributed by atoms with Crippen molar-refractivity contribution in [2.75, 3.05) is 19.3 Å². The van der Waals surface area contributed by atoms with E-state index >= 15 is 0 Å². The average molecular weight is 134 g/mol. The van der Waals surface area contributed by atoms with Gasteiger partial charge < -0.3 is 11.1 Å². The third kappa shape index (κ3) is 3.95. The number of hydrogen-bond donors (Lipinski definition) is 2. The van der Waals surface area contributed by atoms with Crippen molar-refractivity contribution in [1.82, 2.24) is 5.32 Å². The van der Waals surface area contributed by atoms with Crippen LogP contribution in [-0.2, 0) is 0 Å². The highest BCUT2D eigenvalue weighted by molar-refractivity contribution is 8.13. The minimum Gasteiger partial charge on any atom is -0.350 e. The lowest BCUT2D eigenvalue weighted by atomic mass is 10.8. The van der Waals surface area contributed by atoms with Crippen molar-refractivity contribution in [2.45, 2.75) is 0 Å². The Labute approximate surface area is 53.0 Å². The van der Waals surface area contributed by atoms with E-state index in [0.29, 0.717) is 12.3 Å². The predicted octanol–water partition coefficient (Wildman–Crippen LogP) is 0.0177. The summed E-state index contributed by atoms with van der Waals surface area (Å²) in [7, 11) is 1.60. The van der Waals surface area contributed by atoms with E-state index in [9.17, 15) is 4.79 Å². The van der Waals surface area contributed by atoms with E-state index in [-0.39, 0.29) is 5.24 Å². The molecule has 0 aliphatic rings. The molecule has 0 aromatic heterocycles. The molecule has 0 saturated carbocycles. The number of hydrogen-bond acceptors (Lipinski definition) is 3. The predicted molar refractivity (Wildman–Crippen MR) is 36.0 cm³/mol. The Morgan fingerprint density at radius 2 is 2.50 bits per heavy atom. The lowest BCUT2D eigenvalue weighted by Gasteiger charge is -1.93. The largest absolute Gasteiger partial charge is 0.350 e. The molecule has 0 heterocycles. The second-order valence-corrected chi connectivity index (χ2v) is 2.24. The Morgan fingerprint density at radius 1 is 1.88 bits per heavy atom. The summed E-state index contributed by atoms with van der Waals surface area (Å²) in [6, 6.07) is 0. The highest BCUT2D eigenvalue weighted by Gasteiger charge is 1.93. The van der Waals surface area contributed by atoms with Gasteiger partial charge in [0.25, 0.3) is 5.24 Å². The van der Waals surface area contributed by atoms with Gasteiger partial charge in [0.15, 0.2) is 0 Å². The van der Waals surface area contributed by atoms with Crippen LogP contribution in [0.4, 0.5) is 4.79 Å². The van der Waals surface area contributed by atoms with E-state index in [0.717, 1.165) is 0 Å². The maximum atomic E-state index is 10.4. The molecular formula is C4H10N2OS. The summed E-state index contributed by atoms with van der Waals surface area (Å²) in [6.45, 7) is 0.554. The van der Waals surface area contributed by atoms with Crippen LogP contribution in [0.2, 0.25) is 0 Å². The van der Waals surface area contributed by atoms with E-state index in [1.165, 1.54) is 11.8 Å². The number of rotatable bonds is 2. The summed E-state index contributed by atoms with van der Waals surface area (Å²) in [6.07, 6.45) is 0. The number of carbonyl (C=O) groups excluding carboxylic acids is 1. The smallest absolute Gasteiger partial charge is 0.278 e. The maximum Gasteiger partial charge on any atom is 0.278 e. The summed E-state index contributed by atoms with van der Waals surface area (Å²) < 4.78 is 0. The number of amides is 1. The van der Waals surface area contributed by atoms with Crippen LogP contribution in [0, 0.1) is 0 Å². The Morgan fingerprint density at radius 3 is 2.88 bits per heavy atom. The van der Waals surface area contributed by atoms with E-state index in [1.54, 1.807) is 7.05 Å². The third-order valence-corrected chi connectivity index (χ3v) is 1.46. The zero-order chi connectivity index (χ0) is 6.41. The number of carbonyl (C=O) groups is 1. The SMILES string of the molecule is CNC(=O)SCCN. The fourth-order valence-corrected chi connectivity index (χ4v) is 0.671. The molecule has 0 rings (SSSR count). The first-order valence-corrected chi connectivity index (χ1v) is 3.34. The molecule has 3 N–H and O–H groups in total. The molecular weight excluding hydrogens is 124 g/mol. The van der Waals surface area contributed by atoms with Crippen LogP contribution in [0.3, 0.4) is 0 Å². The van der Waals surface area contributed by atoms with E-state index in [4.69, 9.17) is 5.73 Å². The topological polar surface area (TPSA) is 55.1 Å². The van der Waals surface area contributed by atoms with Crippen LogP contribution in [0.25, 0.3) is 0 Å². The fourth-order valence-electron chi connectivity index (χ4n) is 0.224. The highest BCUT2D eigenvalue weighted by atomic mass is 32.2. The van der Waals surface area contributed by atoms with Crippen LogP contribution < -0.4 is 11.1 Å². The molecule has 0 aromatic rings. The fraction of sp³-hybridized carbons (Fsp3) is 0.750. The van der Waals surface area contributed by atoms with Crippen molar-refractivity contribution in [2.24, 2.45) is 5.73 Å². The van der Waals surface area contributed by atoms with Gasteiger partial charge in [-0.25, -0.2) is 0 Å². The molecule has 4 heteroatoms. The van der Waals surface area contributed by atoms with Crippen LogP contribution >= 0.6 is 11.8 Å². The van der Waals surface area contributed by atoms with E-state index in [1.807, 2.05) is 0 Å². The van der Waals surface area contributed by atoms with Gasteiger partial charge in [-0.15, -0.1) is 0 Å². The zero-order valence-corrected chi connectivity index (χ0v) is 5.62. The Hall–Kier alpha value is -0.220. The van der Waals surface area contributed by atoms with Crippen molar-refractivity contribution in [3.8, 4) is 0 Å². The van der Waals surface area contributed by atoms with Crippen LogP contribution in [0.5, 0.6) is 0 Å². The first-order chi connectivity index (χ1) is 3.81. The first-order valence-electron chi connectivity index (χ1n) is 2.36. The van der Waals surface area contributed by atoms with Gasteiger partial charge in [-0.3, -0.25) is 4.79 Å². The van der Waals surface area contributed by atoms with Gasteiger partial charge in [0.2, 0.25) is 0 Å². The summed E-state index contributed by atoms with van der Waals surface area (Å²) >= 11 is 1.20. The van der Waals surface area contributed by atoms with Gasteiger partial charge in [-0.2, -0.15) is 0 Å². The minimum absolute atomic E-state index is 0.0181. The van der Waals surface area contributed by atoms with Crippen LogP contribution in [0.15, 0.2) is 0 Å². The molecule has 0 aliphatic carbocycles. The van der Waals surface area contributed by atoms with E-state index in [2.05, 4.69) is 5.32 Å². The van der Waals surface area contributed by atoms with Crippen LogP contribution in [0.1, 0.15) is 0 Å². The second kappa shape index (κ2) is 4.93. The minimum atomic E-state index is -0.0181. The molecule has 0 aliphatic heterocycles. The first kappa shape index (κ1) is 7.78. The van der Waals surface area contributed by atoms with Crippen LogP contribution in [-0.4, -0.2) is 24.6 Å². The van der Waals surface area contributed by atoms with Gasteiger partial charge in [0.05, 0.1) is 0 Å². The molecule has 0 fully saturated rings. The number of nitrogens with two attached hydrogens (primary N) is 1. The van der Waals surface area contributed by atoms with Gasteiger partial charge in [-0.05, 0) is 0 Å². The summed E-state index contributed by atoms with van der Waals surface area (Å²) in [5.74, 6) is 0.694. The normalized spacial score (nSPS) is 8.75. The maximum absolute atomic E-state index is 10.4. The van der Waals surface area contributed by atoms with Crippen molar-refractivity contribution in [3.05, 3.63) is 0 Å². The Balaban J connectivity index is 2.99. The van der Waals surface area contributed by atoms with Gasteiger partial charge in [0, 0.05) is 19.3 Å². The van der Waals surface area contributed by atoms with E-state index < -0.39 is 0 Å². The summed E-state index contributed by atoms with van der Waals surface area (Å²) in [4.78, 5) is 10.4. The molecule has 0 bridgehead atoms. The molecule has 0 aromatic carbocycles. The van der Waals surface area contributed by atoms with Crippen molar-refractivity contribution in [1.29, 1.82) is 0 Å². The van der Waals surface area contributed by atoms with Gasteiger partial charge in [0.1, 0.15) is 0 Å². The molecule has 0 radical (unpaired) electrons. The lowest BCUT2D eigenvalue weighted by molar-refractivity contribution is 0.262. The molecule has 0 saturated heterocycles. The molecule has 0 atom stereocenters. The standard InChI is InChI=1S/C4H10N2OS/c1-6-4(7)8-3-2-5/h2-3,5H2,1H3,(H,6,7). The highest BCUT2D eigenvalue weighted by Crippen LogP contribution is 1.96. The zero-order valence-electron chi connectivity index (χ0n) is 4.81. The Bertz CT molecular complexity index is 76.4. The molecule has 0 spiro atoms. The molecule has 1 amide bonds. The van der Waals surface area contributed by atoms with Crippen molar-refractivity contribution >= 4 is 17.0 Å². The molecule has 8 heavy (non-hydrogen) atoms. The molecule has 0 unspecified atom stereocenters. The van der Waals surface area contributed by atoms with Crippen molar-refractivity contribution in [3.63, 3.8) is 0 Å². The number of thioether (sulfide) groups is 1. The second-order valence-electron chi connectivity index (χ2n) is 1.17. The molecule has 3 nitrogen and oxygen atoms in total. The van der Waals surface area contributed by atoms with Gasteiger partial charge in [-0.1, -0.05) is 11.8 Å². The van der Waals surface area contributed by atoms with Gasteiger partial charge >= 0.3 is 0 Å². The van der Waals surface area contributed by atoms with Crippen molar-refractivity contribution < 1.29 is 4.79 Å². The lowest BCUT2D eigenvalue weighted by Crippen LogP contribution is -2.14. The molecule has 48 valence electrons. The summed E-state index contributed by atoms with van der Waals surface area (Å²) in [5.41, 5.74) is 5.13. The monoisotopic (exact) mass is 134 g/mol. The summed E-state index contributed by atoms with van der Waals surface area (Å²) in [5, 5.41) is 2.45. The third-order valence-electron chi connectivity index (χ3n) is 0.555. The number of nitrogens with one attached hydrogen (secondary N) is 1. The Kier molecular flexibility index (Phi) is 4.79. The quantitative estimate of drug-likeness (QED) is 0.559. The average Bonchev–Trinajstić information content (AvgIpc) is 1.83.